The number of carbonyl (C=O) groups excluding carboxylic acids is 1. The van der Waals surface area contributed by atoms with Crippen LogP contribution in [0.2, 0.25) is 5.02 Å². The second-order valence-corrected chi connectivity index (χ2v) is 7.53. The minimum Gasteiger partial charge on any atom is -0.351 e. The van der Waals surface area contributed by atoms with E-state index in [4.69, 9.17) is 11.6 Å². The number of rotatable bonds is 5. The Morgan fingerprint density at radius 3 is 3.04 bits per heavy atom. The number of hydrogen-bond donors (Lipinski definition) is 2. The van der Waals surface area contributed by atoms with E-state index in [9.17, 15) is 4.79 Å². The molecule has 0 radical (unpaired) electrons. The van der Waals surface area contributed by atoms with Crippen molar-refractivity contribution in [3.05, 3.63) is 45.8 Å². The van der Waals surface area contributed by atoms with Gasteiger partial charge in [-0.05, 0) is 68.1 Å². The van der Waals surface area contributed by atoms with Gasteiger partial charge < -0.3 is 10.6 Å². The molecule has 0 bridgehead atoms. The van der Waals surface area contributed by atoms with Crippen LogP contribution in [-0.2, 0) is 0 Å². The average molecular weight is 349 g/mol. The summed E-state index contributed by atoms with van der Waals surface area (Å²) in [6.45, 7) is 4.96. The van der Waals surface area contributed by atoms with Gasteiger partial charge in [0.05, 0.1) is 4.88 Å². The van der Waals surface area contributed by atoms with Crippen molar-refractivity contribution in [2.24, 2.45) is 5.92 Å². The third-order valence-corrected chi connectivity index (χ3v) is 5.75. The van der Waals surface area contributed by atoms with Crippen LogP contribution in [0.15, 0.2) is 30.3 Å². The largest absolute Gasteiger partial charge is 0.351 e. The van der Waals surface area contributed by atoms with E-state index in [1.165, 1.54) is 17.8 Å². The Kier molecular flexibility index (Phi) is 5.36. The number of hydrogen-bond acceptors (Lipinski definition) is 3. The summed E-state index contributed by atoms with van der Waals surface area (Å²) in [5, 5.41) is 7.12. The molecule has 23 heavy (non-hydrogen) atoms. The van der Waals surface area contributed by atoms with Gasteiger partial charge in [0.2, 0.25) is 0 Å². The van der Waals surface area contributed by atoms with Gasteiger partial charge >= 0.3 is 0 Å². The first-order chi connectivity index (χ1) is 11.1. The molecular weight excluding hydrogens is 328 g/mol. The monoisotopic (exact) mass is 348 g/mol. The molecule has 1 aliphatic rings. The van der Waals surface area contributed by atoms with Crippen LogP contribution in [-0.4, -0.2) is 25.5 Å². The van der Waals surface area contributed by atoms with Crippen molar-refractivity contribution in [3.8, 4) is 10.4 Å². The van der Waals surface area contributed by atoms with E-state index in [1.807, 2.05) is 37.3 Å². The fraction of sp³-hybridized carbons (Fsp3) is 0.389. The van der Waals surface area contributed by atoms with Crippen molar-refractivity contribution in [1.82, 2.24) is 10.6 Å². The Morgan fingerprint density at radius 1 is 1.43 bits per heavy atom. The molecule has 0 saturated carbocycles. The number of thiophene rings is 1. The quantitative estimate of drug-likeness (QED) is 0.853. The lowest BCUT2D eigenvalue weighted by Crippen LogP contribution is -2.25. The summed E-state index contributed by atoms with van der Waals surface area (Å²) < 4.78 is 0. The van der Waals surface area contributed by atoms with Crippen molar-refractivity contribution in [2.45, 2.75) is 19.8 Å². The van der Waals surface area contributed by atoms with E-state index in [2.05, 4.69) is 10.6 Å². The highest BCUT2D eigenvalue weighted by molar-refractivity contribution is 7.17. The summed E-state index contributed by atoms with van der Waals surface area (Å²) in [5.74, 6) is 0.722. The molecule has 1 amide bonds. The molecule has 3 rings (SSSR count). The van der Waals surface area contributed by atoms with Crippen LogP contribution >= 0.6 is 22.9 Å². The van der Waals surface area contributed by atoms with E-state index in [0.717, 1.165) is 46.9 Å². The number of nitrogens with one attached hydrogen (secondary N) is 2. The van der Waals surface area contributed by atoms with Gasteiger partial charge in [-0.1, -0.05) is 23.7 Å². The zero-order valence-electron chi connectivity index (χ0n) is 13.2. The van der Waals surface area contributed by atoms with Gasteiger partial charge in [-0.3, -0.25) is 4.79 Å². The molecule has 0 spiro atoms. The van der Waals surface area contributed by atoms with Crippen LogP contribution < -0.4 is 10.6 Å². The molecule has 1 saturated heterocycles. The van der Waals surface area contributed by atoms with Gasteiger partial charge in [-0.25, -0.2) is 0 Å². The highest BCUT2D eigenvalue weighted by atomic mass is 35.5. The molecule has 0 aliphatic carbocycles. The number of amides is 1. The van der Waals surface area contributed by atoms with Crippen LogP contribution in [0, 0.1) is 12.8 Å². The molecular formula is C18H21ClN2OS. The van der Waals surface area contributed by atoms with Gasteiger partial charge in [0.25, 0.3) is 5.91 Å². The van der Waals surface area contributed by atoms with Crippen molar-refractivity contribution >= 4 is 28.8 Å². The Balaban J connectivity index is 1.64. The molecule has 1 fully saturated rings. The summed E-state index contributed by atoms with van der Waals surface area (Å²) in [7, 11) is 0. The number of carbonyl (C=O) groups is 1. The minimum atomic E-state index is 0.0253. The van der Waals surface area contributed by atoms with E-state index in [1.54, 1.807) is 0 Å². The fourth-order valence-electron chi connectivity index (χ4n) is 2.95. The Morgan fingerprint density at radius 2 is 2.30 bits per heavy atom. The van der Waals surface area contributed by atoms with Crippen LogP contribution in [0.1, 0.15) is 28.1 Å². The average Bonchev–Trinajstić information content (AvgIpc) is 3.16. The van der Waals surface area contributed by atoms with E-state index in [-0.39, 0.29) is 5.91 Å². The predicted molar refractivity (Wildman–Crippen MR) is 97.4 cm³/mol. The Hall–Kier alpha value is -1.36. The molecule has 1 unspecified atom stereocenters. The molecule has 2 N–H and O–H groups in total. The molecule has 1 aromatic carbocycles. The normalized spacial score (nSPS) is 17.4. The second-order valence-electron chi connectivity index (χ2n) is 6.04. The van der Waals surface area contributed by atoms with Crippen molar-refractivity contribution in [3.63, 3.8) is 0 Å². The molecule has 122 valence electrons. The highest BCUT2D eigenvalue weighted by Crippen LogP contribution is 2.33. The maximum atomic E-state index is 12.3. The molecule has 5 heteroatoms. The topological polar surface area (TPSA) is 41.1 Å². The van der Waals surface area contributed by atoms with Gasteiger partial charge in [-0.2, -0.15) is 0 Å². The molecule has 2 aromatic rings. The summed E-state index contributed by atoms with van der Waals surface area (Å²) >= 11 is 7.60. The zero-order chi connectivity index (χ0) is 16.2. The lowest BCUT2D eigenvalue weighted by Gasteiger charge is -2.08. The molecule has 1 aromatic heterocycles. The summed E-state index contributed by atoms with van der Waals surface area (Å²) in [6.07, 6.45) is 2.26. The van der Waals surface area contributed by atoms with Crippen LogP contribution in [0.25, 0.3) is 10.4 Å². The standard InChI is InChI=1S/C18H21ClN2OS/c1-12-9-16(18(22)21-8-6-13-5-7-20-11-13)23-17(12)14-3-2-4-15(19)10-14/h2-4,9-10,13,20H,5-8,11H2,1H3,(H,21,22). The first-order valence-electron chi connectivity index (χ1n) is 7.99. The van der Waals surface area contributed by atoms with Gasteiger partial charge in [0, 0.05) is 16.4 Å². The number of aryl methyl sites for hydroxylation is 1. The van der Waals surface area contributed by atoms with Crippen LogP contribution in [0.5, 0.6) is 0 Å². The maximum Gasteiger partial charge on any atom is 0.261 e. The lowest BCUT2D eigenvalue weighted by atomic mass is 10.1. The molecule has 1 aliphatic heterocycles. The molecule has 2 heterocycles. The molecule has 1 atom stereocenters. The van der Waals surface area contributed by atoms with E-state index >= 15 is 0 Å². The minimum absolute atomic E-state index is 0.0253. The Bertz CT molecular complexity index is 692. The van der Waals surface area contributed by atoms with Crippen LogP contribution in [0.3, 0.4) is 0 Å². The zero-order valence-corrected chi connectivity index (χ0v) is 14.8. The van der Waals surface area contributed by atoms with Crippen LogP contribution in [0.4, 0.5) is 0 Å². The molecule has 3 nitrogen and oxygen atoms in total. The summed E-state index contributed by atoms with van der Waals surface area (Å²) in [4.78, 5) is 14.2. The number of halogens is 1. The van der Waals surface area contributed by atoms with Gasteiger partial charge in [-0.15, -0.1) is 11.3 Å². The van der Waals surface area contributed by atoms with Crippen molar-refractivity contribution < 1.29 is 4.79 Å². The van der Waals surface area contributed by atoms with E-state index < -0.39 is 0 Å². The first-order valence-corrected chi connectivity index (χ1v) is 9.18. The van der Waals surface area contributed by atoms with Gasteiger partial charge in [0.15, 0.2) is 0 Å². The number of benzene rings is 1. The second kappa shape index (κ2) is 7.47. The smallest absolute Gasteiger partial charge is 0.261 e. The van der Waals surface area contributed by atoms with E-state index in [0.29, 0.717) is 10.9 Å². The SMILES string of the molecule is Cc1cc(C(=O)NCCC2CCNC2)sc1-c1cccc(Cl)c1. The highest BCUT2D eigenvalue weighted by Gasteiger charge is 2.16. The predicted octanol–water partition coefficient (Wildman–Crippen LogP) is 4.11. The third kappa shape index (κ3) is 4.14. The van der Waals surface area contributed by atoms with Crippen molar-refractivity contribution in [2.75, 3.05) is 19.6 Å². The fourth-order valence-corrected chi connectivity index (χ4v) is 4.22. The summed E-state index contributed by atoms with van der Waals surface area (Å²) in [6, 6.07) is 9.73. The first kappa shape index (κ1) is 16.5. The summed E-state index contributed by atoms with van der Waals surface area (Å²) in [5.41, 5.74) is 2.18. The third-order valence-electron chi connectivity index (χ3n) is 4.23. The van der Waals surface area contributed by atoms with Gasteiger partial charge in [0.1, 0.15) is 0 Å². The maximum absolute atomic E-state index is 12.3. The lowest BCUT2D eigenvalue weighted by molar-refractivity contribution is 0.0955. The van der Waals surface area contributed by atoms with Crippen molar-refractivity contribution in [1.29, 1.82) is 0 Å². The Labute approximate surface area is 146 Å².